The van der Waals surface area contributed by atoms with E-state index in [-0.39, 0.29) is 11.5 Å². The van der Waals surface area contributed by atoms with Crippen LogP contribution in [0.5, 0.6) is 5.75 Å². The standard InChI is InChI=1S/C21H34N2O3/c1-20(2,3)17-14-16(8-9-18(17)25-7)15-22-10-12-23(13-11-22)19(24)26-21(4,5)6/h8-9,14H,10-13,15H2,1-7H3. The molecule has 1 saturated heterocycles. The third-order valence-corrected chi connectivity index (χ3v) is 4.50. The van der Waals surface area contributed by atoms with Crippen LogP contribution in [0.15, 0.2) is 18.2 Å². The molecule has 0 N–H and O–H groups in total. The van der Waals surface area contributed by atoms with Gasteiger partial charge in [0.05, 0.1) is 7.11 Å². The smallest absolute Gasteiger partial charge is 0.410 e. The Morgan fingerprint density at radius 3 is 2.15 bits per heavy atom. The van der Waals surface area contributed by atoms with Gasteiger partial charge in [0.2, 0.25) is 0 Å². The third kappa shape index (κ3) is 5.63. The van der Waals surface area contributed by atoms with Crippen LogP contribution in [0.4, 0.5) is 4.79 Å². The number of benzene rings is 1. The lowest BCUT2D eigenvalue weighted by atomic mass is 9.85. The molecule has 0 radical (unpaired) electrons. The van der Waals surface area contributed by atoms with Gasteiger partial charge in [0.15, 0.2) is 0 Å². The van der Waals surface area contributed by atoms with Gasteiger partial charge in [-0.05, 0) is 43.4 Å². The zero-order valence-corrected chi connectivity index (χ0v) is 17.4. The minimum absolute atomic E-state index is 0.0385. The van der Waals surface area contributed by atoms with Gasteiger partial charge in [-0.3, -0.25) is 4.90 Å². The van der Waals surface area contributed by atoms with Crippen molar-refractivity contribution in [3.05, 3.63) is 29.3 Å². The molecule has 0 bridgehead atoms. The van der Waals surface area contributed by atoms with E-state index in [1.807, 2.05) is 20.8 Å². The predicted octanol–water partition coefficient (Wildman–Crippen LogP) is 4.05. The van der Waals surface area contributed by atoms with Gasteiger partial charge in [-0.2, -0.15) is 0 Å². The summed E-state index contributed by atoms with van der Waals surface area (Å²) in [6.45, 7) is 16.3. The van der Waals surface area contributed by atoms with Crippen molar-refractivity contribution in [2.45, 2.75) is 59.1 Å². The summed E-state index contributed by atoms with van der Waals surface area (Å²) in [5.41, 5.74) is 2.10. The average Bonchev–Trinajstić information content (AvgIpc) is 2.53. The Morgan fingerprint density at radius 1 is 1.04 bits per heavy atom. The Kier molecular flexibility index (Phi) is 6.22. The molecule has 0 atom stereocenters. The number of rotatable bonds is 3. The Morgan fingerprint density at radius 2 is 1.65 bits per heavy atom. The highest BCUT2D eigenvalue weighted by Crippen LogP contribution is 2.32. The summed E-state index contributed by atoms with van der Waals surface area (Å²) in [5.74, 6) is 0.941. The van der Waals surface area contributed by atoms with Crippen LogP contribution in [0.2, 0.25) is 0 Å². The van der Waals surface area contributed by atoms with Crippen molar-refractivity contribution >= 4 is 6.09 Å². The monoisotopic (exact) mass is 362 g/mol. The van der Waals surface area contributed by atoms with E-state index in [0.717, 1.165) is 25.4 Å². The summed E-state index contributed by atoms with van der Waals surface area (Å²) in [6.07, 6.45) is -0.211. The van der Waals surface area contributed by atoms with Crippen LogP contribution in [0, 0.1) is 0 Å². The summed E-state index contributed by atoms with van der Waals surface area (Å²) in [6, 6.07) is 6.44. The lowest BCUT2D eigenvalue weighted by Gasteiger charge is -2.35. The Hall–Kier alpha value is -1.75. The predicted molar refractivity (Wildman–Crippen MR) is 105 cm³/mol. The molecule has 146 valence electrons. The molecule has 1 amide bonds. The van der Waals surface area contributed by atoms with Gasteiger partial charge >= 0.3 is 6.09 Å². The molecule has 1 heterocycles. The highest BCUT2D eigenvalue weighted by Gasteiger charge is 2.26. The maximum Gasteiger partial charge on any atom is 0.410 e. The van der Waals surface area contributed by atoms with E-state index < -0.39 is 5.60 Å². The third-order valence-electron chi connectivity index (χ3n) is 4.50. The maximum absolute atomic E-state index is 12.2. The first-order valence-corrected chi connectivity index (χ1v) is 9.37. The van der Waals surface area contributed by atoms with Crippen LogP contribution in [0.3, 0.4) is 0 Å². The molecule has 1 aliphatic heterocycles. The molecule has 0 aliphatic carbocycles. The number of piperazine rings is 1. The maximum atomic E-state index is 12.2. The van der Waals surface area contributed by atoms with E-state index in [1.165, 1.54) is 11.1 Å². The molecular weight excluding hydrogens is 328 g/mol. The van der Waals surface area contributed by atoms with Crippen molar-refractivity contribution in [3.63, 3.8) is 0 Å². The highest BCUT2D eigenvalue weighted by molar-refractivity contribution is 5.68. The molecule has 0 saturated carbocycles. The van der Waals surface area contributed by atoms with Gasteiger partial charge in [0, 0.05) is 32.7 Å². The van der Waals surface area contributed by atoms with Crippen LogP contribution in [0.25, 0.3) is 0 Å². The fraction of sp³-hybridized carbons (Fsp3) is 0.667. The fourth-order valence-corrected chi connectivity index (χ4v) is 3.11. The minimum atomic E-state index is -0.444. The molecular formula is C21H34N2O3. The largest absolute Gasteiger partial charge is 0.496 e. The molecule has 5 nitrogen and oxygen atoms in total. The first-order chi connectivity index (χ1) is 12.0. The van der Waals surface area contributed by atoms with Gasteiger partial charge in [0.25, 0.3) is 0 Å². The van der Waals surface area contributed by atoms with Gasteiger partial charge in [-0.25, -0.2) is 4.79 Å². The molecule has 1 fully saturated rings. The Bertz CT molecular complexity index is 621. The molecule has 1 aliphatic rings. The summed E-state index contributed by atoms with van der Waals surface area (Å²) in [5, 5.41) is 0. The molecule has 0 unspecified atom stereocenters. The Labute approximate surface area is 158 Å². The second kappa shape index (κ2) is 7.87. The molecule has 1 aromatic carbocycles. The normalized spacial score (nSPS) is 16.5. The average molecular weight is 363 g/mol. The number of nitrogens with zero attached hydrogens (tertiary/aromatic N) is 2. The lowest BCUT2D eigenvalue weighted by Crippen LogP contribution is -2.49. The van der Waals surface area contributed by atoms with Crippen LogP contribution < -0.4 is 4.74 Å². The van der Waals surface area contributed by atoms with Crippen molar-refractivity contribution < 1.29 is 14.3 Å². The molecule has 2 rings (SSSR count). The van der Waals surface area contributed by atoms with Crippen molar-refractivity contribution in [2.75, 3.05) is 33.3 Å². The van der Waals surface area contributed by atoms with Gasteiger partial charge in [-0.1, -0.05) is 32.9 Å². The van der Waals surface area contributed by atoms with E-state index >= 15 is 0 Å². The lowest BCUT2D eigenvalue weighted by molar-refractivity contribution is 0.0139. The zero-order valence-electron chi connectivity index (χ0n) is 17.4. The van der Waals surface area contributed by atoms with Crippen molar-refractivity contribution in [2.24, 2.45) is 0 Å². The second-order valence-electron chi connectivity index (χ2n) is 9.03. The number of carbonyl (C=O) groups excluding carboxylic acids is 1. The molecule has 0 spiro atoms. The SMILES string of the molecule is COc1ccc(CN2CCN(C(=O)OC(C)(C)C)CC2)cc1C(C)(C)C. The van der Waals surface area contributed by atoms with E-state index in [2.05, 4.69) is 43.9 Å². The number of carbonyl (C=O) groups is 1. The quantitative estimate of drug-likeness (QED) is 0.814. The first kappa shape index (κ1) is 20.6. The van der Waals surface area contributed by atoms with Crippen molar-refractivity contribution in [3.8, 4) is 5.75 Å². The van der Waals surface area contributed by atoms with Crippen LogP contribution in [-0.4, -0.2) is 54.8 Å². The minimum Gasteiger partial charge on any atom is -0.496 e. The number of amides is 1. The van der Waals surface area contributed by atoms with Crippen molar-refractivity contribution in [1.29, 1.82) is 0 Å². The summed E-state index contributed by atoms with van der Waals surface area (Å²) >= 11 is 0. The van der Waals surface area contributed by atoms with E-state index in [0.29, 0.717) is 13.1 Å². The molecule has 5 heteroatoms. The van der Waals surface area contributed by atoms with Crippen LogP contribution >= 0.6 is 0 Å². The van der Waals surface area contributed by atoms with Crippen LogP contribution in [0.1, 0.15) is 52.7 Å². The topological polar surface area (TPSA) is 42.0 Å². The zero-order chi connectivity index (χ0) is 19.5. The number of hydrogen-bond acceptors (Lipinski definition) is 4. The number of ether oxygens (including phenoxy) is 2. The van der Waals surface area contributed by atoms with Gasteiger partial charge in [-0.15, -0.1) is 0 Å². The molecule has 26 heavy (non-hydrogen) atoms. The number of methoxy groups -OCH3 is 1. The van der Waals surface area contributed by atoms with Crippen molar-refractivity contribution in [1.82, 2.24) is 9.80 Å². The summed E-state index contributed by atoms with van der Waals surface area (Å²) in [4.78, 5) is 16.4. The van der Waals surface area contributed by atoms with Crippen LogP contribution in [-0.2, 0) is 16.7 Å². The fourth-order valence-electron chi connectivity index (χ4n) is 3.11. The second-order valence-corrected chi connectivity index (χ2v) is 9.03. The molecule has 1 aromatic rings. The van der Waals surface area contributed by atoms with E-state index in [9.17, 15) is 4.79 Å². The summed E-state index contributed by atoms with van der Waals surface area (Å²) < 4.78 is 11.0. The molecule has 0 aromatic heterocycles. The highest BCUT2D eigenvalue weighted by atomic mass is 16.6. The first-order valence-electron chi connectivity index (χ1n) is 9.37. The van der Waals surface area contributed by atoms with Gasteiger partial charge < -0.3 is 14.4 Å². The Balaban J connectivity index is 1.96. The van der Waals surface area contributed by atoms with E-state index in [1.54, 1.807) is 12.0 Å². The summed E-state index contributed by atoms with van der Waals surface area (Å²) in [7, 11) is 1.72. The number of hydrogen-bond donors (Lipinski definition) is 0. The van der Waals surface area contributed by atoms with E-state index in [4.69, 9.17) is 9.47 Å². The van der Waals surface area contributed by atoms with Gasteiger partial charge in [0.1, 0.15) is 11.4 Å².